The summed E-state index contributed by atoms with van der Waals surface area (Å²) >= 11 is 3.65. The molecule has 2 nitrogen and oxygen atoms in total. The van der Waals surface area contributed by atoms with Gasteiger partial charge in [-0.15, -0.1) is 11.3 Å². The Hall–Kier alpha value is -0.740. The molecule has 0 radical (unpaired) electrons. The Labute approximate surface area is 98.1 Å². The van der Waals surface area contributed by atoms with Crippen LogP contribution < -0.4 is 5.32 Å². The van der Waals surface area contributed by atoms with Crippen LogP contribution in [0, 0.1) is 0 Å². The number of nitrogens with one attached hydrogen (secondary N) is 1. The third-order valence-corrected chi connectivity index (χ3v) is 3.80. The number of rotatable bonds is 5. The Morgan fingerprint density at radius 3 is 3.27 bits per heavy atom. The first-order valence-corrected chi connectivity index (χ1v) is 7.08. The number of hydrogen-bond acceptors (Lipinski definition) is 4. The van der Waals surface area contributed by atoms with Crippen molar-refractivity contribution in [1.82, 2.24) is 4.98 Å². The molecule has 15 heavy (non-hydrogen) atoms. The van der Waals surface area contributed by atoms with Gasteiger partial charge in [0.25, 0.3) is 0 Å². The van der Waals surface area contributed by atoms with Crippen LogP contribution in [0.3, 0.4) is 0 Å². The number of benzene rings is 1. The van der Waals surface area contributed by atoms with Gasteiger partial charge in [-0.2, -0.15) is 11.8 Å². The largest absolute Gasteiger partial charge is 0.384 e. The van der Waals surface area contributed by atoms with Gasteiger partial charge in [-0.3, -0.25) is 0 Å². The van der Waals surface area contributed by atoms with Gasteiger partial charge in [-0.05, 0) is 24.0 Å². The van der Waals surface area contributed by atoms with E-state index in [9.17, 15) is 0 Å². The van der Waals surface area contributed by atoms with Crippen LogP contribution in [0.4, 0.5) is 5.69 Å². The number of hydrogen-bond donors (Lipinski definition) is 1. The highest BCUT2D eigenvalue weighted by Gasteiger charge is 1.97. The van der Waals surface area contributed by atoms with Crippen LogP contribution in [0.15, 0.2) is 23.7 Å². The van der Waals surface area contributed by atoms with E-state index in [4.69, 9.17) is 0 Å². The van der Waals surface area contributed by atoms with E-state index in [1.807, 2.05) is 17.3 Å². The summed E-state index contributed by atoms with van der Waals surface area (Å²) in [6, 6.07) is 6.34. The summed E-state index contributed by atoms with van der Waals surface area (Å²) in [6.07, 6.45) is 0. The first-order chi connectivity index (χ1) is 7.40. The molecule has 0 amide bonds. The molecule has 0 fully saturated rings. The van der Waals surface area contributed by atoms with Crippen molar-refractivity contribution >= 4 is 39.0 Å². The van der Waals surface area contributed by atoms with Gasteiger partial charge in [-0.1, -0.05) is 6.92 Å². The highest BCUT2D eigenvalue weighted by atomic mass is 32.2. The minimum Gasteiger partial charge on any atom is -0.384 e. The van der Waals surface area contributed by atoms with E-state index in [2.05, 4.69) is 35.4 Å². The van der Waals surface area contributed by atoms with Crippen molar-refractivity contribution in [2.24, 2.45) is 0 Å². The number of thioether (sulfide) groups is 1. The van der Waals surface area contributed by atoms with Crippen LogP contribution in [0.1, 0.15) is 6.92 Å². The van der Waals surface area contributed by atoms with Gasteiger partial charge in [0, 0.05) is 18.0 Å². The van der Waals surface area contributed by atoms with Crippen molar-refractivity contribution in [2.45, 2.75) is 6.92 Å². The average molecular weight is 238 g/mol. The molecular formula is C11H14N2S2. The summed E-state index contributed by atoms with van der Waals surface area (Å²) < 4.78 is 1.25. The Kier molecular flexibility index (Phi) is 3.86. The standard InChI is InChI=1S/C11H14N2S2/c1-2-14-6-5-12-9-3-4-10-11(7-9)15-8-13-10/h3-4,7-8,12H,2,5-6H2,1H3. The van der Waals surface area contributed by atoms with Crippen molar-refractivity contribution in [3.8, 4) is 0 Å². The molecule has 1 aromatic carbocycles. The summed E-state index contributed by atoms with van der Waals surface area (Å²) in [4.78, 5) is 4.26. The Morgan fingerprint density at radius 2 is 2.40 bits per heavy atom. The maximum atomic E-state index is 4.26. The summed E-state index contributed by atoms with van der Waals surface area (Å²) in [6.45, 7) is 3.22. The molecule has 2 aromatic rings. The molecule has 0 aliphatic rings. The van der Waals surface area contributed by atoms with Crippen LogP contribution in [0.25, 0.3) is 10.2 Å². The normalized spacial score (nSPS) is 10.7. The van der Waals surface area contributed by atoms with Gasteiger partial charge < -0.3 is 5.32 Å². The van der Waals surface area contributed by atoms with Crippen LogP contribution in [0.2, 0.25) is 0 Å². The van der Waals surface area contributed by atoms with E-state index in [0.717, 1.165) is 17.8 Å². The number of thiazole rings is 1. The molecule has 0 aliphatic heterocycles. The molecule has 1 aromatic heterocycles. The van der Waals surface area contributed by atoms with Crippen molar-refractivity contribution in [1.29, 1.82) is 0 Å². The van der Waals surface area contributed by atoms with E-state index in [1.54, 1.807) is 11.3 Å². The number of fused-ring (bicyclic) bond motifs is 1. The summed E-state index contributed by atoms with van der Waals surface area (Å²) in [5, 5.41) is 3.42. The fraction of sp³-hybridized carbons (Fsp3) is 0.364. The molecule has 1 heterocycles. The third kappa shape index (κ3) is 2.86. The number of nitrogens with zero attached hydrogens (tertiary/aromatic N) is 1. The molecule has 4 heteroatoms. The molecule has 0 spiro atoms. The van der Waals surface area contributed by atoms with Crippen LogP contribution >= 0.6 is 23.1 Å². The van der Waals surface area contributed by atoms with Crippen molar-refractivity contribution < 1.29 is 0 Å². The highest BCUT2D eigenvalue weighted by molar-refractivity contribution is 7.99. The zero-order valence-electron chi connectivity index (χ0n) is 8.69. The van der Waals surface area contributed by atoms with E-state index in [1.165, 1.54) is 16.1 Å². The van der Waals surface area contributed by atoms with E-state index in [0.29, 0.717) is 0 Å². The first kappa shape index (κ1) is 10.8. The van der Waals surface area contributed by atoms with Crippen LogP contribution in [-0.4, -0.2) is 23.0 Å². The average Bonchev–Trinajstić information content (AvgIpc) is 2.71. The Morgan fingerprint density at radius 1 is 1.47 bits per heavy atom. The molecule has 0 saturated carbocycles. The Balaban J connectivity index is 1.96. The lowest BCUT2D eigenvalue weighted by atomic mass is 10.3. The molecule has 0 saturated heterocycles. The second-order valence-electron chi connectivity index (χ2n) is 3.16. The zero-order chi connectivity index (χ0) is 10.5. The quantitative estimate of drug-likeness (QED) is 0.807. The van der Waals surface area contributed by atoms with E-state index < -0.39 is 0 Å². The maximum Gasteiger partial charge on any atom is 0.0813 e. The lowest BCUT2D eigenvalue weighted by molar-refractivity contribution is 1.23. The number of anilines is 1. The first-order valence-electron chi connectivity index (χ1n) is 5.05. The smallest absolute Gasteiger partial charge is 0.0813 e. The predicted octanol–water partition coefficient (Wildman–Crippen LogP) is 3.46. The zero-order valence-corrected chi connectivity index (χ0v) is 10.3. The molecule has 80 valence electrons. The maximum absolute atomic E-state index is 4.26. The molecule has 0 atom stereocenters. The van der Waals surface area contributed by atoms with Crippen molar-refractivity contribution in [3.05, 3.63) is 23.7 Å². The minimum absolute atomic E-state index is 1.03. The lowest BCUT2D eigenvalue weighted by Crippen LogP contribution is -2.03. The van der Waals surface area contributed by atoms with Gasteiger partial charge in [0.05, 0.1) is 15.7 Å². The molecule has 0 bridgehead atoms. The lowest BCUT2D eigenvalue weighted by Gasteiger charge is -2.05. The fourth-order valence-corrected chi connectivity index (χ4v) is 2.63. The van der Waals surface area contributed by atoms with Crippen LogP contribution in [0.5, 0.6) is 0 Å². The summed E-state index contributed by atoms with van der Waals surface area (Å²) in [5.41, 5.74) is 4.18. The van der Waals surface area contributed by atoms with E-state index >= 15 is 0 Å². The SMILES string of the molecule is CCSCCNc1ccc2ncsc2c1. The van der Waals surface area contributed by atoms with Gasteiger partial charge in [0.2, 0.25) is 0 Å². The highest BCUT2D eigenvalue weighted by Crippen LogP contribution is 2.21. The fourth-order valence-electron chi connectivity index (χ4n) is 1.38. The second kappa shape index (κ2) is 5.37. The minimum atomic E-state index is 1.03. The van der Waals surface area contributed by atoms with Crippen LogP contribution in [-0.2, 0) is 0 Å². The Bertz CT molecular complexity index is 425. The molecule has 2 rings (SSSR count). The summed E-state index contributed by atoms with van der Waals surface area (Å²) in [7, 11) is 0. The third-order valence-electron chi connectivity index (χ3n) is 2.11. The van der Waals surface area contributed by atoms with Crippen molar-refractivity contribution in [2.75, 3.05) is 23.4 Å². The molecule has 1 N–H and O–H groups in total. The number of aromatic nitrogens is 1. The van der Waals surface area contributed by atoms with Gasteiger partial charge in [-0.25, -0.2) is 4.98 Å². The molecule has 0 aliphatic carbocycles. The topological polar surface area (TPSA) is 24.9 Å². The monoisotopic (exact) mass is 238 g/mol. The van der Waals surface area contributed by atoms with Crippen molar-refractivity contribution in [3.63, 3.8) is 0 Å². The predicted molar refractivity (Wildman–Crippen MR) is 71.1 cm³/mol. The summed E-state index contributed by atoms with van der Waals surface area (Å²) in [5.74, 6) is 2.35. The van der Waals surface area contributed by atoms with Gasteiger partial charge >= 0.3 is 0 Å². The van der Waals surface area contributed by atoms with Gasteiger partial charge in [0.15, 0.2) is 0 Å². The van der Waals surface area contributed by atoms with Gasteiger partial charge in [0.1, 0.15) is 0 Å². The molecular weight excluding hydrogens is 224 g/mol. The van der Waals surface area contributed by atoms with E-state index in [-0.39, 0.29) is 0 Å². The molecule has 0 unspecified atom stereocenters. The second-order valence-corrected chi connectivity index (χ2v) is 5.44.